The van der Waals surface area contributed by atoms with Crippen molar-refractivity contribution in [2.45, 2.75) is 45.3 Å². The van der Waals surface area contributed by atoms with Crippen molar-refractivity contribution < 1.29 is 22.4 Å². The molecular weight excluding hydrogens is 576 g/mol. The third-order valence-corrected chi connectivity index (χ3v) is 7.96. The van der Waals surface area contributed by atoms with Gasteiger partial charge < -0.3 is 10.2 Å². The van der Waals surface area contributed by atoms with E-state index in [-0.39, 0.29) is 40.3 Å². The molecule has 0 bridgehead atoms. The van der Waals surface area contributed by atoms with Gasteiger partial charge in [-0.05, 0) is 43.2 Å². The van der Waals surface area contributed by atoms with Crippen LogP contribution in [0.2, 0.25) is 10.0 Å². The van der Waals surface area contributed by atoms with Gasteiger partial charge in [-0.15, -0.1) is 0 Å². The molecule has 7 nitrogen and oxygen atoms in total. The number of nitrogens with one attached hydrogen (secondary N) is 1. The molecule has 3 aromatic rings. The fourth-order valence-electron chi connectivity index (χ4n) is 4.10. The van der Waals surface area contributed by atoms with Gasteiger partial charge in [0.05, 0.1) is 11.9 Å². The zero-order valence-electron chi connectivity index (χ0n) is 22.5. The van der Waals surface area contributed by atoms with Crippen molar-refractivity contribution >= 4 is 50.7 Å². The van der Waals surface area contributed by atoms with Crippen LogP contribution in [0.5, 0.6) is 0 Å². The molecule has 0 aliphatic heterocycles. The molecule has 214 valence electrons. The highest BCUT2D eigenvalue weighted by Crippen LogP contribution is 2.27. The lowest BCUT2D eigenvalue weighted by Crippen LogP contribution is -2.54. The van der Waals surface area contributed by atoms with Crippen LogP contribution >= 0.6 is 23.2 Å². The molecular formula is C29H32Cl2FN3O4S. The number of amides is 2. The van der Waals surface area contributed by atoms with E-state index in [1.54, 1.807) is 6.07 Å². The Labute approximate surface area is 244 Å². The van der Waals surface area contributed by atoms with Gasteiger partial charge in [0.1, 0.15) is 18.4 Å². The van der Waals surface area contributed by atoms with Crippen LogP contribution in [-0.2, 0) is 32.6 Å². The zero-order chi connectivity index (χ0) is 29.4. The predicted molar refractivity (Wildman–Crippen MR) is 157 cm³/mol. The van der Waals surface area contributed by atoms with E-state index in [1.165, 1.54) is 41.3 Å². The third-order valence-electron chi connectivity index (χ3n) is 6.39. The standard InChI is InChI=1S/C29H32Cl2FN3O4S/c1-4-20(2)33-29(37)27(14-21-10-6-5-7-11-21)34(18-22-12-8-9-13-26(22)32)28(36)19-35(40(3,38)39)25-16-23(30)15-24(31)17-25/h5-13,15-17,20,27H,4,14,18-19H2,1-3H3,(H,33,37)/t20-,27+/m0/s1. The first kappa shape index (κ1) is 31.4. The van der Waals surface area contributed by atoms with Gasteiger partial charge in [0.2, 0.25) is 21.8 Å². The molecule has 0 spiro atoms. The molecule has 0 saturated heterocycles. The highest BCUT2D eigenvalue weighted by atomic mass is 35.5. The summed E-state index contributed by atoms with van der Waals surface area (Å²) in [5, 5.41) is 3.29. The summed E-state index contributed by atoms with van der Waals surface area (Å²) in [5.74, 6) is -1.69. The lowest BCUT2D eigenvalue weighted by atomic mass is 10.0. The number of hydrogen-bond acceptors (Lipinski definition) is 4. The number of nitrogens with zero attached hydrogens (tertiary/aromatic N) is 2. The molecule has 11 heteroatoms. The van der Waals surface area contributed by atoms with Crippen LogP contribution in [-0.4, -0.2) is 50.0 Å². The summed E-state index contributed by atoms with van der Waals surface area (Å²) in [6, 6.07) is 18.0. The van der Waals surface area contributed by atoms with Crippen molar-refractivity contribution in [3.63, 3.8) is 0 Å². The minimum Gasteiger partial charge on any atom is -0.352 e. The quantitative estimate of drug-likeness (QED) is 0.296. The fourth-order valence-corrected chi connectivity index (χ4v) is 5.45. The molecule has 3 aromatic carbocycles. The summed E-state index contributed by atoms with van der Waals surface area (Å²) < 4.78 is 41.3. The second-order valence-corrected chi connectivity index (χ2v) is 12.3. The van der Waals surface area contributed by atoms with E-state index in [1.807, 2.05) is 44.2 Å². The average Bonchev–Trinajstić information content (AvgIpc) is 2.89. The van der Waals surface area contributed by atoms with E-state index in [0.29, 0.717) is 6.42 Å². The van der Waals surface area contributed by atoms with Gasteiger partial charge in [-0.25, -0.2) is 12.8 Å². The van der Waals surface area contributed by atoms with E-state index < -0.39 is 40.2 Å². The van der Waals surface area contributed by atoms with Crippen LogP contribution in [0, 0.1) is 5.82 Å². The Balaban J connectivity index is 2.09. The van der Waals surface area contributed by atoms with E-state index in [4.69, 9.17) is 23.2 Å². The summed E-state index contributed by atoms with van der Waals surface area (Å²) in [7, 11) is -3.99. The number of hydrogen-bond donors (Lipinski definition) is 1. The maximum absolute atomic E-state index is 14.8. The molecule has 40 heavy (non-hydrogen) atoms. The van der Waals surface area contributed by atoms with Crippen LogP contribution in [0.4, 0.5) is 10.1 Å². The number of sulfonamides is 1. The molecule has 0 radical (unpaired) electrons. The van der Waals surface area contributed by atoms with Gasteiger partial charge in [-0.3, -0.25) is 13.9 Å². The molecule has 0 aromatic heterocycles. The first-order valence-corrected chi connectivity index (χ1v) is 15.3. The van der Waals surface area contributed by atoms with Crippen molar-refractivity contribution in [1.29, 1.82) is 0 Å². The van der Waals surface area contributed by atoms with Gasteiger partial charge in [-0.1, -0.05) is 78.7 Å². The van der Waals surface area contributed by atoms with E-state index in [2.05, 4.69) is 5.32 Å². The predicted octanol–water partition coefficient (Wildman–Crippen LogP) is 5.45. The van der Waals surface area contributed by atoms with E-state index in [9.17, 15) is 22.4 Å². The smallest absolute Gasteiger partial charge is 0.244 e. The maximum atomic E-state index is 14.8. The highest BCUT2D eigenvalue weighted by molar-refractivity contribution is 7.92. The van der Waals surface area contributed by atoms with E-state index in [0.717, 1.165) is 16.1 Å². The summed E-state index contributed by atoms with van der Waals surface area (Å²) in [6.07, 6.45) is 1.74. The normalized spacial score (nSPS) is 12.8. The minimum absolute atomic E-state index is 0.0860. The van der Waals surface area contributed by atoms with Crippen LogP contribution in [0.3, 0.4) is 0 Å². The average molecular weight is 609 g/mol. The molecule has 0 heterocycles. The number of anilines is 1. The second-order valence-electron chi connectivity index (χ2n) is 9.53. The Kier molecular flexibility index (Phi) is 11.0. The molecule has 1 N–H and O–H groups in total. The number of halogens is 3. The molecule has 3 rings (SSSR count). The molecule has 2 atom stereocenters. The van der Waals surface area contributed by atoms with Gasteiger partial charge in [0.25, 0.3) is 0 Å². The summed E-state index contributed by atoms with van der Waals surface area (Å²) in [5.41, 5.74) is 1.05. The Morgan fingerprint density at radius 2 is 1.57 bits per heavy atom. The van der Waals surface area contributed by atoms with Gasteiger partial charge in [0, 0.05) is 34.6 Å². The summed E-state index contributed by atoms with van der Waals surface area (Å²) >= 11 is 12.2. The van der Waals surface area contributed by atoms with Gasteiger partial charge in [0.15, 0.2) is 0 Å². The van der Waals surface area contributed by atoms with Crippen molar-refractivity contribution in [3.8, 4) is 0 Å². The van der Waals surface area contributed by atoms with Crippen molar-refractivity contribution in [3.05, 3.63) is 99.8 Å². The maximum Gasteiger partial charge on any atom is 0.244 e. The van der Waals surface area contributed by atoms with Crippen LogP contribution in [0.15, 0.2) is 72.8 Å². The third kappa shape index (κ3) is 8.68. The molecule has 2 amide bonds. The Morgan fingerprint density at radius 1 is 0.975 bits per heavy atom. The molecule has 0 saturated carbocycles. The van der Waals surface area contributed by atoms with Crippen LogP contribution in [0.1, 0.15) is 31.4 Å². The molecule has 0 aliphatic rings. The first-order chi connectivity index (χ1) is 18.9. The molecule has 0 fully saturated rings. The number of carbonyl (C=O) groups is 2. The lowest BCUT2D eigenvalue weighted by Gasteiger charge is -2.34. The SMILES string of the molecule is CC[C@H](C)NC(=O)[C@@H](Cc1ccccc1)N(Cc1ccccc1F)C(=O)CN(c1cc(Cl)cc(Cl)c1)S(C)(=O)=O. The number of rotatable bonds is 12. The number of carbonyl (C=O) groups excluding carboxylic acids is 2. The van der Waals surface area contributed by atoms with Gasteiger partial charge >= 0.3 is 0 Å². The minimum atomic E-state index is -3.99. The van der Waals surface area contributed by atoms with Crippen molar-refractivity contribution in [1.82, 2.24) is 10.2 Å². The van der Waals surface area contributed by atoms with Crippen LogP contribution in [0.25, 0.3) is 0 Å². The zero-order valence-corrected chi connectivity index (χ0v) is 24.8. The summed E-state index contributed by atoms with van der Waals surface area (Å²) in [6.45, 7) is 2.84. The van der Waals surface area contributed by atoms with Crippen LogP contribution < -0.4 is 9.62 Å². The van der Waals surface area contributed by atoms with Crippen molar-refractivity contribution in [2.75, 3.05) is 17.1 Å². The summed E-state index contributed by atoms with van der Waals surface area (Å²) in [4.78, 5) is 28.8. The molecule has 0 aliphatic carbocycles. The topological polar surface area (TPSA) is 86.8 Å². The largest absolute Gasteiger partial charge is 0.352 e. The van der Waals surface area contributed by atoms with E-state index >= 15 is 0 Å². The highest BCUT2D eigenvalue weighted by Gasteiger charge is 2.34. The Hall–Kier alpha value is -3.14. The Bertz CT molecular complexity index is 1420. The fraction of sp³-hybridized carbons (Fsp3) is 0.310. The Morgan fingerprint density at radius 3 is 2.15 bits per heavy atom. The molecule has 0 unspecified atom stereocenters. The lowest BCUT2D eigenvalue weighted by molar-refractivity contribution is -0.140. The van der Waals surface area contributed by atoms with Gasteiger partial charge in [-0.2, -0.15) is 0 Å². The monoisotopic (exact) mass is 607 g/mol. The first-order valence-electron chi connectivity index (χ1n) is 12.7. The number of benzene rings is 3. The van der Waals surface area contributed by atoms with Crippen molar-refractivity contribution in [2.24, 2.45) is 0 Å². The second kappa shape index (κ2) is 14.0.